The van der Waals surface area contributed by atoms with E-state index in [2.05, 4.69) is 5.10 Å². The van der Waals surface area contributed by atoms with Gasteiger partial charge >= 0.3 is 5.97 Å². The molecule has 0 aliphatic rings. The van der Waals surface area contributed by atoms with Crippen LogP contribution >= 0.6 is 11.6 Å². The molecule has 0 atom stereocenters. The Balaban J connectivity index is 2.88. The Morgan fingerprint density at radius 3 is 2.75 bits per heavy atom. The fourth-order valence-corrected chi connectivity index (χ4v) is 1.94. The van der Waals surface area contributed by atoms with Crippen LogP contribution in [0.4, 0.5) is 0 Å². The normalized spacial score (nSPS) is 11.2. The maximum absolute atomic E-state index is 11.1. The summed E-state index contributed by atoms with van der Waals surface area (Å²) in [4.78, 5) is 11.1. The number of aromatic carboxylic acids is 1. The van der Waals surface area contributed by atoms with E-state index in [1.165, 1.54) is 0 Å². The van der Waals surface area contributed by atoms with Crippen LogP contribution in [0.25, 0.3) is 10.9 Å². The van der Waals surface area contributed by atoms with E-state index >= 15 is 0 Å². The van der Waals surface area contributed by atoms with E-state index in [1.807, 2.05) is 13.8 Å². The third-order valence-electron chi connectivity index (χ3n) is 2.40. The third kappa shape index (κ3) is 1.55. The number of carboxylic acids is 1. The maximum Gasteiger partial charge on any atom is 0.337 e. The van der Waals surface area contributed by atoms with Crippen molar-refractivity contribution >= 4 is 28.5 Å². The Hall–Kier alpha value is -1.55. The number of carboxylic acid groups (broad SMARTS) is 1. The van der Waals surface area contributed by atoms with Gasteiger partial charge in [0, 0.05) is 11.4 Å². The zero-order valence-electron chi connectivity index (χ0n) is 8.94. The second kappa shape index (κ2) is 3.79. The molecule has 4 nitrogen and oxygen atoms in total. The van der Waals surface area contributed by atoms with Crippen LogP contribution in [-0.4, -0.2) is 20.9 Å². The van der Waals surface area contributed by atoms with Gasteiger partial charge in [0.1, 0.15) is 0 Å². The van der Waals surface area contributed by atoms with Crippen molar-refractivity contribution in [2.24, 2.45) is 0 Å². The molecule has 0 saturated carbocycles. The summed E-state index contributed by atoms with van der Waals surface area (Å²) in [5.41, 5.74) is 0.806. The highest BCUT2D eigenvalue weighted by Crippen LogP contribution is 2.28. The van der Waals surface area contributed by atoms with Crippen molar-refractivity contribution in [1.29, 1.82) is 0 Å². The molecule has 0 fully saturated rings. The summed E-state index contributed by atoms with van der Waals surface area (Å²) in [7, 11) is 0. The monoisotopic (exact) mass is 238 g/mol. The molecule has 2 aromatic rings. The van der Waals surface area contributed by atoms with Crippen molar-refractivity contribution in [1.82, 2.24) is 9.78 Å². The van der Waals surface area contributed by atoms with Gasteiger partial charge in [-0.05, 0) is 26.0 Å². The van der Waals surface area contributed by atoms with E-state index in [-0.39, 0.29) is 11.6 Å². The Morgan fingerprint density at radius 1 is 1.50 bits per heavy atom. The summed E-state index contributed by atoms with van der Waals surface area (Å²) < 4.78 is 1.64. The first-order valence-electron chi connectivity index (χ1n) is 4.92. The van der Waals surface area contributed by atoms with Crippen LogP contribution in [0.3, 0.4) is 0 Å². The van der Waals surface area contributed by atoms with Gasteiger partial charge in [0.05, 0.1) is 11.1 Å². The summed E-state index contributed by atoms with van der Waals surface area (Å²) in [5, 5.41) is 14.3. The zero-order chi connectivity index (χ0) is 11.9. The second-order valence-corrected chi connectivity index (χ2v) is 4.19. The third-order valence-corrected chi connectivity index (χ3v) is 2.68. The molecule has 5 heteroatoms. The van der Waals surface area contributed by atoms with Crippen molar-refractivity contribution in [2.75, 3.05) is 0 Å². The Morgan fingerprint density at radius 2 is 2.19 bits per heavy atom. The van der Waals surface area contributed by atoms with Gasteiger partial charge in [-0.25, -0.2) is 4.79 Å². The molecule has 84 valence electrons. The molecular weight excluding hydrogens is 228 g/mol. The van der Waals surface area contributed by atoms with E-state index in [0.29, 0.717) is 16.1 Å². The minimum atomic E-state index is -0.968. The summed E-state index contributed by atoms with van der Waals surface area (Å²) >= 11 is 5.97. The first-order valence-corrected chi connectivity index (χ1v) is 5.30. The smallest absolute Gasteiger partial charge is 0.337 e. The van der Waals surface area contributed by atoms with Gasteiger partial charge in [-0.3, -0.25) is 4.68 Å². The molecule has 0 bridgehead atoms. The quantitative estimate of drug-likeness (QED) is 0.875. The lowest BCUT2D eigenvalue weighted by atomic mass is 10.1. The minimum absolute atomic E-state index is 0.0653. The number of benzene rings is 1. The fraction of sp³-hybridized carbons (Fsp3) is 0.273. The number of rotatable bonds is 2. The number of fused-ring (bicyclic) bond motifs is 1. The van der Waals surface area contributed by atoms with Crippen LogP contribution in [0.1, 0.15) is 30.2 Å². The van der Waals surface area contributed by atoms with Gasteiger partial charge in [-0.2, -0.15) is 5.10 Å². The molecule has 0 saturated heterocycles. The second-order valence-electron chi connectivity index (χ2n) is 3.84. The lowest BCUT2D eigenvalue weighted by Gasteiger charge is -2.08. The molecule has 0 amide bonds. The van der Waals surface area contributed by atoms with Crippen LogP contribution in [0.15, 0.2) is 18.2 Å². The molecule has 16 heavy (non-hydrogen) atoms. The molecule has 0 spiro atoms. The average molecular weight is 239 g/mol. The fourth-order valence-electron chi connectivity index (χ4n) is 1.70. The molecular formula is C11H11ClN2O2. The Bertz CT molecular complexity index is 560. The van der Waals surface area contributed by atoms with Crippen LogP contribution in [-0.2, 0) is 0 Å². The maximum atomic E-state index is 11.1. The van der Waals surface area contributed by atoms with Crippen molar-refractivity contribution < 1.29 is 9.90 Å². The van der Waals surface area contributed by atoms with Crippen molar-refractivity contribution in [3.05, 3.63) is 28.9 Å². The number of carbonyl (C=O) groups is 1. The topological polar surface area (TPSA) is 55.1 Å². The lowest BCUT2D eigenvalue weighted by Crippen LogP contribution is -2.06. The highest BCUT2D eigenvalue weighted by molar-refractivity contribution is 6.34. The molecule has 0 unspecified atom stereocenters. The van der Waals surface area contributed by atoms with Crippen molar-refractivity contribution in [3.63, 3.8) is 0 Å². The standard InChI is InChI=1S/C11H11ClN2O2/c1-6(2)14-9-7(10(12)13-14)4-3-5-8(9)11(15)16/h3-6H,1-2H3,(H,15,16). The van der Waals surface area contributed by atoms with Gasteiger partial charge in [0.2, 0.25) is 0 Å². The van der Waals surface area contributed by atoms with Crippen molar-refractivity contribution in [3.8, 4) is 0 Å². The number of hydrogen-bond donors (Lipinski definition) is 1. The SMILES string of the molecule is CC(C)n1nc(Cl)c2cccc(C(=O)O)c21. The molecule has 1 aromatic heterocycles. The van der Waals surface area contributed by atoms with Crippen molar-refractivity contribution in [2.45, 2.75) is 19.9 Å². The number of nitrogens with zero attached hydrogens (tertiary/aromatic N) is 2. The van der Waals surface area contributed by atoms with Gasteiger partial charge < -0.3 is 5.11 Å². The van der Waals surface area contributed by atoms with Crippen LogP contribution in [0, 0.1) is 0 Å². The molecule has 1 heterocycles. The van der Waals surface area contributed by atoms with Gasteiger partial charge in [-0.1, -0.05) is 17.7 Å². The number of hydrogen-bond acceptors (Lipinski definition) is 2. The average Bonchev–Trinajstić information content (AvgIpc) is 2.56. The highest BCUT2D eigenvalue weighted by atomic mass is 35.5. The van der Waals surface area contributed by atoms with Gasteiger partial charge in [0.25, 0.3) is 0 Å². The molecule has 0 radical (unpaired) electrons. The summed E-state index contributed by atoms with van der Waals surface area (Å²) in [5.74, 6) is -0.968. The molecule has 1 aromatic carbocycles. The summed E-state index contributed by atoms with van der Waals surface area (Å²) in [6, 6.07) is 5.07. The van der Waals surface area contributed by atoms with Crippen LogP contribution < -0.4 is 0 Å². The largest absolute Gasteiger partial charge is 0.478 e. The molecule has 0 aliphatic heterocycles. The predicted molar refractivity (Wildman–Crippen MR) is 62.1 cm³/mol. The van der Waals surface area contributed by atoms with E-state index in [9.17, 15) is 4.79 Å². The summed E-state index contributed by atoms with van der Waals surface area (Å²) in [6.07, 6.45) is 0. The Labute approximate surface area is 97.4 Å². The Kier molecular flexibility index (Phi) is 2.59. The van der Waals surface area contributed by atoms with E-state index in [1.54, 1.807) is 22.9 Å². The molecule has 0 aliphatic carbocycles. The minimum Gasteiger partial charge on any atom is -0.478 e. The van der Waals surface area contributed by atoms with Crippen LogP contribution in [0.2, 0.25) is 5.15 Å². The summed E-state index contributed by atoms with van der Waals surface area (Å²) in [6.45, 7) is 3.86. The first-order chi connectivity index (χ1) is 7.52. The van der Waals surface area contributed by atoms with E-state index < -0.39 is 5.97 Å². The van der Waals surface area contributed by atoms with E-state index in [4.69, 9.17) is 16.7 Å². The highest BCUT2D eigenvalue weighted by Gasteiger charge is 2.17. The molecule has 1 N–H and O–H groups in total. The predicted octanol–water partition coefficient (Wildman–Crippen LogP) is 2.97. The molecule has 2 rings (SSSR count). The number of halogens is 1. The lowest BCUT2D eigenvalue weighted by molar-refractivity contribution is 0.0698. The van der Waals surface area contributed by atoms with Crippen LogP contribution in [0.5, 0.6) is 0 Å². The van der Waals surface area contributed by atoms with Gasteiger partial charge in [-0.15, -0.1) is 0 Å². The van der Waals surface area contributed by atoms with Gasteiger partial charge in [0.15, 0.2) is 5.15 Å². The number of aromatic nitrogens is 2. The first kappa shape index (κ1) is 11.0. The van der Waals surface area contributed by atoms with E-state index in [0.717, 1.165) is 0 Å². The zero-order valence-corrected chi connectivity index (χ0v) is 9.69. The number of para-hydroxylation sites is 1.